The summed E-state index contributed by atoms with van der Waals surface area (Å²) in [7, 11) is 0. The Balaban J connectivity index is 2.11. The maximum absolute atomic E-state index is 11.7. The van der Waals surface area contributed by atoms with E-state index in [1.54, 1.807) is 11.8 Å². The molecule has 0 aromatic rings. The molecule has 0 aliphatic carbocycles. The van der Waals surface area contributed by atoms with Crippen molar-refractivity contribution < 1.29 is 9.90 Å². The Bertz CT molecular complexity index is 191. The van der Waals surface area contributed by atoms with Gasteiger partial charge in [-0.25, -0.2) is 0 Å². The Morgan fingerprint density at radius 2 is 2.13 bits per heavy atom. The number of rotatable bonds is 5. The second-order valence-electron chi connectivity index (χ2n) is 4.19. The van der Waals surface area contributed by atoms with E-state index >= 15 is 0 Å². The molecule has 88 valence electrons. The second kappa shape index (κ2) is 7.12. The van der Waals surface area contributed by atoms with Crippen molar-refractivity contribution in [2.24, 2.45) is 5.92 Å². The van der Waals surface area contributed by atoms with Crippen molar-refractivity contribution in [1.82, 2.24) is 4.90 Å². The fraction of sp³-hybridized carbons (Fsp3) is 0.909. The molecule has 4 heteroatoms. The van der Waals surface area contributed by atoms with Gasteiger partial charge in [0.05, 0.1) is 5.75 Å². The summed E-state index contributed by atoms with van der Waals surface area (Å²) in [5, 5.41) is 8.60. The Labute approximate surface area is 96.2 Å². The quantitative estimate of drug-likeness (QED) is 0.726. The number of hydrogen-bond acceptors (Lipinski definition) is 3. The molecule has 0 aromatic carbocycles. The summed E-state index contributed by atoms with van der Waals surface area (Å²) in [5.41, 5.74) is 0. The molecule has 0 aromatic heterocycles. The van der Waals surface area contributed by atoms with E-state index in [2.05, 4.69) is 6.92 Å². The third-order valence-corrected chi connectivity index (χ3v) is 3.84. The smallest absolute Gasteiger partial charge is 0.232 e. The van der Waals surface area contributed by atoms with E-state index in [4.69, 9.17) is 5.11 Å². The van der Waals surface area contributed by atoms with Crippen LogP contribution >= 0.6 is 11.8 Å². The van der Waals surface area contributed by atoms with Gasteiger partial charge >= 0.3 is 0 Å². The zero-order chi connectivity index (χ0) is 11.1. The van der Waals surface area contributed by atoms with Gasteiger partial charge < -0.3 is 10.0 Å². The maximum atomic E-state index is 11.7. The maximum Gasteiger partial charge on any atom is 0.232 e. The van der Waals surface area contributed by atoms with E-state index < -0.39 is 0 Å². The SMILES string of the molecule is CC1CCN(C(=O)CSCCCO)CC1. The fourth-order valence-electron chi connectivity index (χ4n) is 1.68. The first-order valence-corrected chi connectivity index (χ1v) is 6.86. The van der Waals surface area contributed by atoms with E-state index in [9.17, 15) is 4.79 Å². The van der Waals surface area contributed by atoms with Crippen molar-refractivity contribution in [3.05, 3.63) is 0 Å². The van der Waals surface area contributed by atoms with Gasteiger partial charge in [-0.05, 0) is 30.9 Å². The van der Waals surface area contributed by atoms with Crippen LogP contribution in [0.15, 0.2) is 0 Å². The van der Waals surface area contributed by atoms with Crippen molar-refractivity contribution in [2.75, 3.05) is 31.2 Å². The van der Waals surface area contributed by atoms with Gasteiger partial charge in [0.1, 0.15) is 0 Å². The first-order chi connectivity index (χ1) is 7.24. The van der Waals surface area contributed by atoms with Crippen LogP contribution in [-0.2, 0) is 4.79 Å². The van der Waals surface area contributed by atoms with Crippen molar-refractivity contribution in [3.63, 3.8) is 0 Å². The van der Waals surface area contributed by atoms with E-state index in [1.807, 2.05) is 4.90 Å². The topological polar surface area (TPSA) is 40.5 Å². The second-order valence-corrected chi connectivity index (χ2v) is 5.30. The largest absolute Gasteiger partial charge is 0.396 e. The molecule has 0 radical (unpaired) electrons. The summed E-state index contributed by atoms with van der Waals surface area (Å²) in [4.78, 5) is 13.7. The number of amides is 1. The minimum atomic E-state index is 0.225. The van der Waals surface area contributed by atoms with Gasteiger partial charge in [0, 0.05) is 19.7 Å². The fourth-order valence-corrected chi connectivity index (χ4v) is 2.51. The molecule has 0 saturated carbocycles. The highest BCUT2D eigenvalue weighted by Crippen LogP contribution is 2.17. The van der Waals surface area contributed by atoms with Crippen LogP contribution in [0, 0.1) is 5.92 Å². The number of thioether (sulfide) groups is 1. The highest BCUT2D eigenvalue weighted by atomic mass is 32.2. The molecule has 0 atom stereocenters. The van der Waals surface area contributed by atoms with Crippen LogP contribution in [-0.4, -0.2) is 47.1 Å². The third kappa shape index (κ3) is 4.89. The number of piperidine rings is 1. The van der Waals surface area contributed by atoms with Gasteiger partial charge in [0.15, 0.2) is 0 Å². The van der Waals surface area contributed by atoms with Gasteiger partial charge in [-0.15, -0.1) is 0 Å². The standard InChI is InChI=1S/C11H21NO2S/c1-10-3-5-12(6-4-10)11(14)9-15-8-2-7-13/h10,13H,2-9H2,1H3. The molecule has 1 saturated heterocycles. The van der Waals surface area contributed by atoms with Gasteiger partial charge in [0.2, 0.25) is 5.91 Å². The summed E-state index contributed by atoms with van der Waals surface area (Å²) in [6, 6.07) is 0. The predicted octanol–water partition coefficient (Wildman–Crippen LogP) is 1.36. The number of aliphatic hydroxyl groups is 1. The molecule has 1 aliphatic rings. The summed E-state index contributed by atoms with van der Waals surface area (Å²) >= 11 is 1.63. The Morgan fingerprint density at radius 3 is 2.73 bits per heavy atom. The Kier molecular flexibility index (Phi) is 6.10. The van der Waals surface area contributed by atoms with Crippen LogP contribution < -0.4 is 0 Å². The first-order valence-electron chi connectivity index (χ1n) is 5.70. The lowest BCUT2D eigenvalue weighted by molar-refractivity contribution is -0.129. The molecule has 0 unspecified atom stereocenters. The van der Waals surface area contributed by atoms with Crippen LogP contribution in [0.2, 0.25) is 0 Å². The lowest BCUT2D eigenvalue weighted by atomic mass is 9.99. The molecule has 3 nitrogen and oxygen atoms in total. The van der Waals surface area contributed by atoms with Crippen LogP contribution in [0.25, 0.3) is 0 Å². The monoisotopic (exact) mass is 231 g/mol. The zero-order valence-corrected chi connectivity index (χ0v) is 10.3. The highest BCUT2D eigenvalue weighted by Gasteiger charge is 2.19. The molecule has 0 bridgehead atoms. The molecular formula is C11H21NO2S. The van der Waals surface area contributed by atoms with E-state index in [1.165, 1.54) is 0 Å². The minimum Gasteiger partial charge on any atom is -0.396 e. The average molecular weight is 231 g/mol. The number of nitrogens with zero attached hydrogens (tertiary/aromatic N) is 1. The van der Waals surface area contributed by atoms with Crippen LogP contribution in [0.1, 0.15) is 26.2 Å². The molecular weight excluding hydrogens is 210 g/mol. The van der Waals surface area contributed by atoms with E-state index in [0.29, 0.717) is 5.75 Å². The van der Waals surface area contributed by atoms with Crippen molar-refractivity contribution in [1.29, 1.82) is 0 Å². The molecule has 1 N–H and O–H groups in total. The zero-order valence-electron chi connectivity index (χ0n) is 9.45. The number of aliphatic hydroxyl groups excluding tert-OH is 1. The molecule has 1 rings (SSSR count). The van der Waals surface area contributed by atoms with Crippen molar-refractivity contribution >= 4 is 17.7 Å². The average Bonchev–Trinajstić information content (AvgIpc) is 2.25. The lowest BCUT2D eigenvalue weighted by Gasteiger charge is -2.30. The van der Waals surface area contributed by atoms with Crippen LogP contribution in [0.3, 0.4) is 0 Å². The molecule has 1 amide bonds. The Morgan fingerprint density at radius 1 is 1.47 bits per heavy atom. The number of carbonyl (C=O) groups excluding carboxylic acids is 1. The molecule has 1 aliphatic heterocycles. The van der Waals surface area contributed by atoms with Gasteiger partial charge in [-0.2, -0.15) is 11.8 Å². The Hall–Kier alpha value is -0.220. The summed E-state index contributed by atoms with van der Waals surface area (Å²) in [6.07, 6.45) is 3.08. The van der Waals surface area contributed by atoms with Gasteiger partial charge in [-0.1, -0.05) is 6.92 Å². The summed E-state index contributed by atoms with van der Waals surface area (Å²) in [6.45, 7) is 4.33. The number of likely N-dealkylation sites (tertiary alicyclic amines) is 1. The predicted molar refractivity (Wildman–Crippen MR) is 64.0 cm³/mol. The number of carbonyl (C=O) groups is 1. The molecule has 15 heavy (non-hydrogen) atoms. The number of hydrogen-bond donors (Lipinski definition) is 1. The van der Waals surface area contributed by atoms with Gasteiger partial charge in [-0.3, -0.25) is 4.79 Å². The van der Waals surface area contributed by atoms with Crippen LogP contribution in [0.4, 0.5) is 0 Å². The first kappa shape index (κ1) is 12.8. The molecule has 1 fully saturated rings. The summed E-state index contributed by atoms with van der Waals surface area (Å²) in [5.74, 6) is 2.50. The third-order valence-electron chi connectivity index (χ3n) is 2.81. The van der Waals surface area contributed by atoms with Crippen molar-refractivity contribution in [3.8, 4) is 0 Å². The summed E-state index contributed by atoms with van der Waals surface area (Å²) < 4.78 is 0. The minimum absolute atomic E-state index is 0.225. The normalized spacial score (nSPS) is 18.1. The van der Waals surface area contributed by atoms with Gasteiger partial charge in [0.25, 0.3) is 0 Å². The lowest BCUT2D eigenvalue weighted by Crippen LogP contribution is -2.38. The van der Waals surface area contributed by atoms with Crippen molar-refractivity contribution in [2.45, 2.75) is 26.2 Å². The van der Waals surface area contributed by atoms with Crippen LogP contribution in [0.5, 0.6) is 0 Å². The van der Waals surface area contributed by atoms with E-state index in [-0.39, 0.29) is 12.5 Å². The molecule has 0 spiro atoms. The molecule has 1 heterocycles. The highest BCUT2D eigenvalue weighted by molar-refractivity contribution is 7.99. The van der Waals surface area contributed by atoms with E-state index in [0.717, 1.165) is 44.0 Å².